The minimum Gasteiger partial charge on any atom is -0.306 e. The molecular weight excluding hydrogens is 386 g/mol. The third-order valence-corrected chi connectivity index (χ3v) is 5.77. The first kappa shape index (κ1) is 17.9. The summed E-state index contributed by atoms with van der Waals surface area (Å²) in [5, 5.41) is 25.5. The number of fused-ring (bicyclic) bond motifs is 3. The van der Waals surface area contributed by atoms with E-state index in [9.17, 15) is 25.0 Å². The fraction of sp³-hybridized carbons (Fsp3) is 0.235. The number of nitrogens with zero attached hydrogens (tertiary/aromatic N) is 4. The Morgan fingerprint density at radius 1 is 1.04 bits per heavy atom. The van der Waals surface area contributed by atoms with Crippen LogP contribution in [0.5, 0.6) is 0 Å². The fourth-order valence-corrected chi connectivity index (χ4v) is 4.53. The minimum atomic E-state index is -0.776. The second-order valence-corrected chi connectivity index (χ2v) is 7.40. The highest BCUT2D eigenvalue weighted by Crippen LogP contribution is 2.38. The smallest absolute Gasteiger partial charge is 0.277 e. The van der Waals surface area contributed by atoms with Gasteiger partial charge in [0.05, 0.1) is 26.9 Å². The Labute approximate surface area is 161 Å². The van der Waals surface area contributed by atoms with Gasteiger partial charge >= 0.3 is 0 Å². The number of carbonyl (C=O) groups excluding carboxylic acids is 1. The van der Waals surface area contributed by atoms with Gasteiger partial charge in [0.15, 0.2) is 0 Å². The highest BCUT2D eigenvalue weighted by atomic mass is 32.1. The molecule has 0 spiro atoms. The van der Waals surface area contributed by atoms with Crippen LogP contribution in [0.25, 0.3) is 10.2 Å². The van der Waals surface area contributed by atoms with Gasteiger partial charge in [0, 0.05) is 17.0 Å². The monoisotopic (exact) mass is 399 g/mol. The van der Waals surface area contributed by atoms with Crippen molar-refractivity contribution in [1.29, 1.82) is 0 Å². The Morgan fingerprint density at radius 3 is 2.39 bits per heavy atom. The first-order chi connectivity index (χ1) is 13.4. The number of amides is 1. The molecule has 3 aromatic rings. The van der Waals surface area contributed by atoms with Crippen LogP contribution in [0.2, 0.25) is 0 Å². The number of thiophene rings is 1. The molecule has 0 saturated carbocycles. The van der Waals surface area contributed by atoms with Crippen molar-refractivity contribution in [3.05, 3.63) is 60.8 Å². The Morgan fingerprint density at radius 2 is 1.71 bits per heavy atom. The zero-order valence-electron chi connectivity index (χ0n) is 14.4. The maximum atomic E-state index is 12.7. The largest absolute Gasteiger partial charge is 0.306 e. The average Bonchev–Trinajstić information content (AvgIpc) is 3.07. The zero-order chi connectivity index (χ0) is 19.8. The fourth-order valence-electron chi connectivity index (χ4n) is 3.30. The molecule has 1 amide bonds. The van der Waals surface area contributed by atoms with Crippen LogP contribution in [-0.4, -0.2) is 25.7 Å². The second-order valence-electron chi connectivity index (χ2n) is 6.32. The van der Waals surface area contributed by atoms with Crippen LogP contribution >= 0.6 is 11.3 Å². The molecule has 0 radical (unpaired) electrons. The molecule has 0 fully saturated rings. The van der Waals surface area contributed by atoms with Crippen molar-refractivity contribution in [2.75, 3.05) is 5.32 Å². The van der Waals surface area contributed by atoms with Gasteiger partial charge in [0.1, 0.15) is 17.0 Å². The summed E-state index contributed by atoms with van der Waals surface area (Å²) in [7, 11) is 0. The number of nitro benzene ring substituents is 2. The van der Waals surface area contributed by atoms with Gasteiger partial charge in [0.2, 0.25) is 0 Å². The molecule has 0 unspecified atom stereocenters. The maximum absolute atomic E-state index is 12.7. The van der Waals surface area contributed by atoms with Crippen LogP contribution in [0.4, 0.5) is 17.2 Å². The molecule has 1 N–H and O–H groups in total. The van der Waals surface area contributed by atoms with Crippen LogP contribution in [0.3, 0.4) is 0 Å². The summed E-state index contributed by atoms with van der Waals surface area (Å²) < 4.78 is 0. The molecule has 142 valence electrons. The van der Waals surface area contributed by atoms with Crippen molar-refractivity contribution in [2.24, 2.45) is 0 Å². The van der Waals surface area contributed by atoms with E-state index in [1.54, 1.807) is 11.3 Å². The number of rotatable bonds is 4. The Balaban J connectivity index is 1.74. The van der Waals surface area contributed by atoms with Crippen molar-refractivity contribution in [3.8, 4) is 0 Å². The van der Waals surface area contributed by atoms with Gasteiger partial charge in [0.25, 0.3) is 17.3 Å². The molecule has 0 aliphatic heterocycles. The predicted octanol–water partition coefficient (Wildman–Crippen LogP) is 3.64. The average molecular weight is 399 g/mol. The highest BCUT2D eigenvalue weighted by molar-refractivity contribution is 7.19. The number of nitro groups is 2. The topological polar surface area (TPSA) is 141 Å². The number of carbonyl (C=O) groups is 1. The normalized spacial score (nSPS) is 13.1. The van der Waals surface area contributed by atoms with E-state index in [-0.39, 0.29) is 5.56 Å². The highest BCUT2D eigenvalue weighted by Gasteiger charge is 2.23. The number of hydrogen-bond acceptors (Lipinski definition) is 8. The quantitative estimate of drug-likeness (QED) is 0.521. The number of non-ortho nitro benzene ring substituents is 2. The summed E-state index contributed by atoms with van der Waals surface area (Å²) >= 11 is 1.57. The Bertz CT molecular complexity index is 1110. The Hall–Kier alpha value is -3.47. The van der Waals surface area contributed by atoms with Crippen molar-refractivity contribution >= 4 is 44.7 Å². The number of anilines is 1. The molecule has 1 aliphatic rings. The molecule has 2 heterocycles. The van der Waals surface area contributed by atoms with Gasteiger partial charge in [-0.05, 0) is 31.2 Å². The molecule has 0 bridgehead atoms. The van der Waals surface area contributed by atoms with Crippen molar-refractivity contribution in [1.82, 2.24) is 9.97 Å². The lowest BCUT2D eigenvalue weighted by molar-refractivity contribution is -0.394. The summed E-state index contributed by atoms with van der Waals surface area (Å²) in [6.07, 6.45) is 5.31. The molecule has 4 rings (SSSR count). The number of nitrogens with one attached hydrogen (secondary N) is 1. The van der Waals surface area contributed by atoms with Crippen LogP contribution < -0.4 is 5.32 Å². The number of benzene rings is 1. The number of hydrogen-bond donors (Lipinski definition) is 1. The molecule has 10 nitrogen and oxygen atoms in total. The van der Waals surface area contributed by atoms with E-state index in [1.165, 1.54) is 11.2 Å². The maximum Gasteiger partial charge on any atom is 0.277 e. The molecule has 1 aromatic carbocycles. The third-order valence-electron chi connectivity index (χ3n) is 4.57. The summed E-state index contributed by atoms with van der Waals surface area (Å²) in [5.41, 5.74) is -0.121. The van der Waals surface area contributed by atoms with Gasteiger partial charge in [-0.1, -0.05) is 0 Å². The molecule has 2 aromatic heterocycles. The number of aromatic nitrogens is 2. The first-order valence-corrected chi connectivity index (χ1v) is 9.26. The molecule has 1 aliphatic carbocycles. The van der Waals surface area contributed by atoms with Crippen molar-refractivity contribution in [3.63, 3.8) is 0 Å². The lowest BCUT2D eigenvalue weighted by Gasteiger charge is -2.12. The van der Waals surface area contributed by atoms with Crippen molar-refractivity contribution in [2.45, 2.75) is 25.7 Å². The van der Waals surface area contributed by atoms with Gasteiger partial charge in [-0.3, -0.25) is 25.0 Å². The lowest BCUT2D eigenvalue weighted by atomic mass is 9.97. The van der Waals surface area contributed by atoms with Gasteiger partial charge < -0.3 is 5.32 Å². The summed E-state index contributed by atoms with van der Waals surface area (Å²) in [6, 6.07) is 2.82. The molecule has 11 heteroatoms. The van der Waals surface area contributed by atoms with Crippen LogP contribution in [0, 0.1) is 20.2 Å². The second kappa shape index (κ2) is 6.93. The number of aryl methyl sites for hydroxylation is 2. The summed E-state index contributed by atoms with van der Waals surface area (Å²) in [5.74, 6) is -0.397. The molecule has 0 saturated heterocycles. The summed E-state index contributed by atoms with van der Waals surface area (Å²) in [6.45, 7) is 0. The van der Waals surface area contributed by atoms with Gasteiger partial charge in [-0.15, -0.1) is 11.3 Å². The molecule has 28 heavy (non-hydrogen) atoms. The minimum absolute atomic E-state index is 0.184. The van der Waals surface area contributed by atoms with E-state index < -0.39 is 27.1 Å². The van der Waals surface area contributed by atoms with E-state index >= 15 is 0 Å². The van der Waals surface area contributed by atoms with Gasteiger partial charge in [-0.25, -0.2) is 9.97 Å². The zero-order valence-corrected chi connectivity index (χ0v) is 15.2. The van der Waals surface area contributed by atoms with Crippen LogP contribution in [0.15, 0.2) is 24.5 Å². The van der Waals surface area contributed by atoms with E-state index in [2.05, 4.69) is 15.3 Å². The first-order valence-electron chi connectivity index (χ1n) is 8.44. The van der Waals surface area contributed by atoms with E-state index in [1.807, 2.05) is 0 Å². The van der Waals surface area contributed by atoms with Crippen molar-refractivity contribution < 1.29 is 14.6 Å². The SMILES string of the molecule is O=C(Nc1ncnc2sc3c(c12)CCCC3)c1cc([N+](=O)[O-])cc([N+](=O)[O-])c1. The Kier molecular flexibility index (Phi) is 4.43. The van der Waals surface area contributed by atoms with E-state index in [0.717, 1.165) is 59.7 Å². The lowest BCUT2D eigenvalue weighted by Crippen LogP contribution is -2.14. The van der Waals surface area contributed by atoms with Gasteiger partial charge in [-0.2, -0.15) is 0 Å². The standard InChI is InChI=1S/C17H13N5O5S/c23-16(9-5-10(21(24)25)7-11(6-9)22(26)27)20-15-14-12-3-1-2-4-13(12)28-17(14)19-8-18-15/h5-8H,1-4H2,(H,18,19,20,23). The van der Waals surface area contributed by atoms with Crippen LogP contribution in [-0.2, 0) is 12.8 Å². The summed E-state index contributed by atoms with van der Waals surface area (Å²) in [4.78, 5) is 43.6. The molecular formula is C17H13N5O5S. The third kappa shape index (κ3) is 3.16. The van der Waals surface area contributed by atoms with Crippen LogP contribution in [0.1, 0.15) is 33.6 Å². The van der Waals surface area contributed by atoms with E-state index in [0.29, 0.717) is 5.82 Å². The molecule has 0 atom stereocenters. The predicted molar refractivity (Wildman–Crippen MR) is 102 cm³/mol. The van der Waals surface area contributed by atoms with E-state index in [4.69, 9.17) is 0 Å².